The minimum atomic E-state index is -5.28. The molecule has 6 nitrogen and oxygen atoms in total. The first-order chi connectivity index (χ1) is 14.5. The smallest absolute Gasteiger partial charge is 0.438 e. The van der Waals surface area contributed by atoms with Gasteiger partial charge in [0.05, 0.1) is 18.4 Å². The second-order valence-corrected chi connectivity index (χ2v) is 6.63. The number of hydrazone groups is 1. The van der Waals surface area contributed by atoms with E-state index in [0.29, 0.717) is 6.07 Å². The van der Waals surface area contributed by atoms with Gasteiger partial charge in [0.15, 0.2) is 11.5 Å². The van der Waals surface area contributed by atoms with Crippen molar-refractivity contribution in [3.05, 3.63) is 66.1 Å². The lowest BCUT2D eigenvalue weighted by Gasteiger charge is -2.32. The van der Waals surface area contributed by atoms with Gasteiger partial charge in [-0.2, -0.15) is 36.5 Å². The van der Waals surface area contributed by atoms with Crippen molar-refractivity contribution in [2.45, 2.75) is 24.5 Å². The zero-order valence-corrected chi connectivity index (χ0v) is 15.3. The van der Waals surface area contributed by atoms with Crippen LogP contribution in [0.2, 0.25) is 0 Å². The Bertz CT molecular complexity index is 1110. The number of hydrogen-bond donors (Lipinski definition) is 1. The van der Waals surface area contributed by atoms with Gasteiger partial charge in [0.2, 0.25) is 5.95 Å². The van der Waals surface area contributed by atoms with Gasteiger partial charge in [-0.25, -0.2) is 9.97 Å². The lowest BCUT2D eigenvalue weighted by Crippen LogP contribution is -2.55. The molecule has 3 heterocycles. The third-order valence-corrected chi connectivity index (χ3v) is 4.51. The van der Waals surface area contributed by atoms with Crippen LogP contribution in [0.15, 0.2) is 64.3 Å². The molecule has 0 aliphatic carbocycles. The molecule has 1 aliphatic heterocycles. The lowest BCUT2D eigenvalue weighted by atomic mass is 10.0. The molecular weight excluding hydrogens is 430 g/mol. The summed E-state index contributed by atoms with van der Waals surface area (Å²) in [5, 5.41) is 14.2. The molecule has 1 aliphatic rings. The van der Waals surface area contributed by atoms with Crippen LogP contribution in [-0.4, -0.2) is 32.7 Å². The Morgan fingerprint density at radius 2 is 1.68 bits per heavy atom. The molecule has 31 heavy (non-hydrogen) atoms. The fourth-order valence-corrected chi connectivity index (χ4v) is 2.99. The van der Waals surface area contributed by atoms with Gasteiger partial charge in [-0.3, -0.25) is 0 Å². The summed E-state index contributed by atoms with van der Waals surface area (Å²) in [6, 6.07) is 10.8. The van der Waals surface area contributed by atoms with Crippen LogP contribution in [0.3, 0.4) is 0 Å². The number of rotatable bonds is 3. The van der Waals surface area contributed by atoms with Crippen molar-refractivity contribution in [3.8, 4) is 11.5 Å². The monoisotopic (exact) mass is 442 g/mol. The van der Waals surface area contributed by atoms with E-state index in [1.165, 1.54) is 24.3 Å². The quantitative estimate of drug-likeness (QED) is 0.600. The minimum Gasteiger partial charge on any atom is -0.463 e. The van der Waals surface area contributed by atoms with Crippen LogP contribution in [0, 0.1) is 0 Å². The maximum absolute atomic E-state index is 13.8. The molecule has 12 heteroatoms. The summed E-state index contributed by atoms with van der Waals surface area (Å²) in [6.07, 6.45) is -10.1. The first-order valence-electron chi connectivity index (χ1n) is 8.71. The van der Waals surface area contributed by atoms with E-state index < -0.39 is 41.8 Å². The van der Waals surface area contributed by atoms with E-state index in [2.05, 4.69) is 15.1 Å². The third-order valence-electron chi connectivity index (χ3n) is 4.51. The molecule has 4 rings (SSSR count). The molecule has 1 aromatic carbocycles. The normalized spacial score (nSPS) is 19.6. The Morgan fingerprint density at radius 3 is 2.26 bits per heavy atom. The Kier molecular flexibility index (Phi) is 4.76. The van der Waals surface area contributed by atoms with Crippen molar-refractivity contribution < 1.29 is 35.9 Å². The van der Waals surface area contributed by atoms with Gasteiger partial charge >= 0.3 is 12.4 Å². The van der Waals surface area contributed by atoms with Crippen LogP contribution in [0.1, 0.15) is 17.7 Å². The summed E-state index contributed by atoms with van der Waals surface area (Å²) in [5.74, 6) is -1.21. The highest BCUT2D eigenvalue weighted by Crippen LogP contribution is 2.43. The van der Waals surface area contributed by atoms with Crippen molar-refractivity contribution in [2.75, 3.05) is 5.01 Å². The SMILES string of the molecule is O[C@@]1(C(F)(F)F)CC(c2ccccc2)=NN1c1nc(-c2ccco2)cc(C(F)(F)F)n1. The van der Waals surface area contributed by atoms with Crippen LogP contribution < -0.4 is 5.01 Å². The predicted molar refractivity (Wildman–Crippen MR) is 95.8 cm³/mol. The number of benzene rings is 1. The molecule has 0 fully saturated rings. The molecule has 3 aromatic rings. The van der Waals surface area contributed by atoms with Gasteiger partial charge in [-0.15, -0.1) is 0 Å². The molecule has 0 amide bonds. The number of aliphatic hydroxyl groups is 1. The van der Waals surface area contributed by atoms with Crippen LogP contribution in [0.25, 0.3) is 11.5 Å². The molecule has 0 saturated heterocycles. The first-order valence-corrected chi connectivity index (χ1v) is 8.71. The molecule has 0 bridgehead atoms. The molecule has 1 N–H and O–H groups in total. The summed E-state index contributed by atoms with van der Waals surface area (Å²) in [6.45, 7) is 0. The van der Waals surface area contributed by atoms with Crippen molar-refractivity contribution in [1.29, 1.82) is 0 Å². The molecule has 2 aromatic heterocycles. The molecular formula is C19H12F6N4O2. The fourth-order valence-electron chi connectivity index (χ4n) is 2.99. The van der Waals surface area contributed by atoms with Gasteiger partial charge in [0.25, 0.3) is 5.72 Å². The number of nitrogens with zero attached hydrogens (tertiary/aromatic N) is 4. The van der Waals surface area contributed by atoms with E-state index in [1.807, 2.05) is 0 Å². The van der Waals surface area contributed by atoms with Gasteiger partial charge in [-0.05, 0) is 23.8 Å². The van der Waals surface area contributed by atoms with Crippen molar-refractivity contribution in [3.63, 3.8) is 0 Å². The number of anilines is 1. The van der Waals surface area contributed by atoms with Gasteiger partial charge in [-0.1, -0.05) is 30.3 Å². The number of aromatic nitrogens is 2. The number of hydrogen-bond acceptors (Lipinski definition) is 6. The summed E-state index contributed by atoms with van der Waals surface area (Å²) in [7, 11) is 0. The van der Waals surface area contributed by atoms with Crippen LogP contribution in [-0.2, 0) is 6.18 Å². The summed E-state index contributed by atoms with van der Waals surface area (Å²) in [4.78, 5) is 6.98. The molecule has 0 unspecified atom stereocenters. The van der Waals surface area contributed by atoms with Crippen LogP contribution >= 0.6 is 0 Å². The van der Waals surface area contributed by atoms with E-state index >= 15 is 0 Å². The standard InChI is InChI=1S/C19H12F6N4O2/c20-18(21,22)15-9-12(14-7-4-8-31-14)26-16(27-15)29-17(30,19(23,24)25)10-13(28-29)11-5-2-1-3-6-11/h1-9,30H,10H2/t17-/m1/s1. The highest BCUT2D eigenvalue weighted by molar-refractivity contribution is 6.03. The fraction of sp³-hybridized carbons (Fsp3) is 0.211. The van der Waals surface area contributed by atoms with E-state index in [0.717, 1.165) is 6.26 Å². The minimum absolute atomic E-state index is 0.0307. The van der Waals surface area contributed by atoms with Crippen LogP contribution in [0.5, 0.6) is 0 Å². The molecule has 1 atom stereocenters. The lowest BCUT2D eigenvalue weighted by molar-refractivity contribution is -0.254. The average Bonchev–Trinajstić information content (AvgIpc) is 3.36. The topological polar surface area (TPSA) is 74.8 Å². The summed E-state index contributed by atoms with van der Waals surface area (Å²) >= 11 is 0. The van der Waals surface area contributed by atoms with Gasteiger partial charge < -0.3 is 9.52 Å². The zero-order chi connectivity index (χ0) is 22.4. The Balaban J connectivity index is 1.90. The number of halogens is 6. The predicted octanol–water partition coefficient (Wildman–Crippen LogP) is 4.62. The van der Waals surface area contributed by atoms with Gasteiger partial charge in [0.1, 0.15) is 5.69 Å². The maximum atomic E-state index is 13.8. The van der Waals surface area contributed by atoms with E-state index in [-0.39, 0.29) is 22.0 Å². The van der Waals surface area contributed by atoms with Crippen molar-refractivity contribution >= 4 is 11.7 Å². The van der Waals surface area contributed by atoms with E-state index in [1.54, 1.807) is 18.2 Å². The Morgan fingerprint density at radius 1 is 0.968 bits per heavy atom. The summed E-state index contributed by atoms with van der Waals surface area (Å²) < 4.78 is 86.6. The second-order valence-electron chi connectivity index (χ2n) is 6.63. The average molecular weight is 442 g/mol. The molecule has 0 saturated carbocycles. The maximum Gasteiger partial charge on any atom is 0.438 e. The summed E-state index contributed by atoms with van der Waals surface area (Å²) in [5.41, 5.74) is -5.53. The first kappa shape index (κ1) is 20.8. The highest BCUT2D eigenvalue weighted by atomic mass is 19.4. The molecule has 0 spiro atoms. The molecule has 0 radical (unpaired) electrons. The molecule has 162 valence electrons. The van der Waals surface area contributed by atoms with Crippen molar-refractivity contribution in [1.82, 2.24) is 9.97 Å². The van der Waals surface area contributed by atoms with E-state index in [9.17, 15) is 31.4 Å². The van der Waals surface area contributed by atoms with Crippen LogP contribution in [0.4, 0.5) is 32.3 Å². The highest BCUT2D eigenvalue weighted by Gasteiger charge is 2.63. The van der Waals surface area contributed by atoms with Gasteiger partial charge in [0, 0.05) is 0 Å². The van der Waals surface area contributed by atoms with E-state index in [4.69, 9.17) is 4.42 Å². The Hall–Kier alpha value is -3.41. The zero-order valence-electron chi connectivity index (χ0n) is 15.3. The number of furan rings is 1. The third kappa shape index (κ3) is 3.74. The van der Waals surface area contributed by atoms with Crippen molar-refractivity contribution in [2.24, 2.45) is 5.10 Å². The Labute approximate surface area is 170 Å². The largest absolute Gasteiger partial charge is 0.463 e. The second kappa shape index (κ2) is 7.08. The number of alkyl halides is 6.